The number of aliphatic hydroxyl groups excluding tert-OH is 1. The predicted octanol–water partition coefficient (Wildman–Crippen LogP) is 3.71. The van der Waals surface area contributed by atoms with Gasteiger partial charge in [-0.25, -0.2) is 0 Å². The summed E-state index contributed by atoms with van der Waals surface area (Å²) in [5.74, 6) is -0.926. The van der Waals surface area contributed by atoms with Gasteiger partial charge < -0.3 is 35.1 Å². The van der Waals surface area contributed by atoms with Crippen molar-refractivity contribution in [3.8, 4) is 0 Å². The smallest absolute Gasteiger partial charge is 0.261 e. The summed E-state index contributed by atoms with van der Waals surface area (Å²) in [6.45, 7) is 7.69. The van der Waals surface area contributed by atoms with E-state index in [1.54, 1.807) is 4.90 Å². The lowest BCUT2D eigenvalue weighted by Crippen LogP contribution is -2.55. The van der Waals surface area contributed by atoms with Crippen LogP contribution in [0.1, 0.15) is 42.9 Å². The van der Waals surface area contributed by atoms with E-state index in [9.17, 15) is 24.3 Å². The van der Waals surface area contributed by atoms with Crippen molar-refractivity contribution in [2.45, 2.75) is 81.1 Å². The highest BCUT2D eigenvalue weighted by molar-refractivity contribution is 6.71. The first-order chi connectivity index (χ1) is 24.5. The number of ether oxygens (including phenoxy) is 1. The van der Waals surface area contributed by atoms with Gasteiger partial charge in [0.1, 0.15) is 5.54 Å². The van der Waals surface area contributed by atoms with Gasteiger partial charge in [-0.2, -0.15) is 0 Å². The monoisotopic (exact) mass is 709 g/mol. The first-order valence-electron chi connectivity index (χ1n) is 18.2. The second-order valence-electron chi connectivity index (χ2n) is 15.5. The Morgan fingerprint density at radius 2 is 1.69 bits per heavy atom. The molecule has 0 aliphatic carbocycles. The minimum atomic E-state index is -3.02. The molecule has 3 saturated heterocycles. The van der Waals surface area contributed by atoms with Crippen molar-refractivity contribution >= 4 is 43.1 Å². The van der Waals surface area contributed by atoms with Gasteiger partial charge in [-0.15, -0.1) is 0 Å². The van der Waals surface area contributed by atoms with E-state index in [4.69, 9.17) is 4.74 Å². The van der Waals surface area contributed by atoms with E-state index in [0.29, 0.717) is 49.4 Å². The lowest BCUT2D eigenvalue weighted by atomic mass is 9.82. The molecule has 5 atom stereocenters. The molecule has 0 aromatic heterocycles. The predicted molar refractivity (Wildman–Crippen MR) is 197 cm³/mol. The number of hydrogen-bond donors (Lipinski definition) is 4. The highest BCUT2D eigenvalue weighted by atomic mass is 28.4. The Morgan fingerprint density at radius 3 is 2.39 bits per heavy atom. The molecule has 5 aliphatic rings. The van der Waals surface area contributed by atoms with Crippen molar-refractivity contribution in [2.75, 3.05) is 41.5 Å². The molecule has 5 aliphatic heterocycles. The lowest BCUT2D eigenvalue weighted by Gasteiger charge is -2.39. The molecule has 3 amide bonds. The Morgan fingerprint density at radius 1 is 0.980 bits per heavy atom. The third kappa shape index (κ3) is 5.33. The van der Waals surface area contributed by atoms with Crippen LogP contribution in [0.15, 0.2) is 72.8 Å². The van der Waals surface area contributed by atoms with Crippen LogP contribution in [0.5, 0.6) is 0 Å². The number of benzene rings is 3. The summed E-state index contributed by atoms with van der Waals surface area (Å²) >= 11 is 0. The number of aliphatic hydroxyl groups is 1. The molecule has 3 aromatic rings. The fourth-order valence-corrected chi connectivity index (χ4v) is 12.3. The molecule has 12 heteroatoms. The Kier molecular flexibility index (Phi) is 8.38. The molecule has 0 radical (unpaired) electrons. The molecule has 268 valence electrons. The van der Waals surface area contributed by atoms with Crippen molar-refractivity contribution in [1.82, 2.24) is 10.2 Å². The SMILES string of the molecule is C[C@H]1[C@H]([Si](C)(C)O)[C@@H](CC(=O)N2Cc3ccccc3C[C@H]2CO)O[C@]12C(=O)Nc1ccc(N3CN(c4ccccc4)C4(CCNCC4)C3=O)cc12. The largest absolute Gasteiger partial charge is 0.432 e. The van der Waals surface area contributed by atoms with Crippen molar-refractivity contribution in [2.24, 2.45) is 5.92 Å². The summed E-state index contributed by atoms with van der Waals surface area (Å²) in [5.41, 5.74) is 2.50. The number of hydrogen-bond acceptors (Lipinski definition) is 8. The second kappa shape index (κ2) is 12.6. The minimum absolute atomic E-state index is 0.0259. The molecule has 3 aromatic carbocycles. The van der Waals surface area contributed by atoms with E-state index in [2.05, 4.69) is 15.5 Å². The first-order valence-corrected chi connectivity index (χ1v) is 21.2. The fourth-order valence-electron chi connectivity index (χ4n) is 9.75. The summed E-state index contributed by atoms with van der Waals surface area (Å²) < 4.78 is 6.88. The highest BCUT2D eigenvalue weighted by Crippen LogP contribution is 2.59. The quantitative estimate of drug-likeness (QED) is 0.285. The number of rotatable bonds is 6. The van der Waals surface area contributed by atoms with Gasteiger partial charge >= 0.3 is 0 Å². The maximum absolute atomic E-state index is 14.5. The standard InChI is InChI=1S/C39H47N5O6Si/c1-25-35(51(2,3)49)33(21-34(46)42-22-27-10-8-7-9-26(27)19-30(42)23-45)50-39(25)31-20-29(13-14-32(31)41-36(39)47)43-24-44(28-11-5-4-6-12-28)38(37(43)48)15-17-40-18-16-38/h4-14,20,25,30,33,35,40,45,49H,15-19,21-24H2,1-3H3,(H,41,47)/t25-,30-,33+,35-,39+/m0/s1. The van der Waals surface area contributed by atoms with Crippen LogP contribution in [0, 0.1) is 5.92 Å². The number of carbonyl (C=O) groups excluding carboxylic acids is 3. The summed E-state index contributed by atoms with van der Waals surface area (Å²) in [6, 6.07) is 23.3. The maximum atomic E-state index is 14.5. The molecule has 5 heterocycles. The summed E-state index contributed by atoms with van der Waals surface area (Å²) in [6.07, 6.45) is 1.17. The number of amides is 3. The van der Waals surface area contributed by atoms with Crippen molar-refractivity contribution < 1.29 is 29.0 Å². The number of piperidine rings is 1. The van der Waals surface area contributed by atoms with Gasteiger partial charge in [-0.1, -0.05) is 49.4 Å². The van der Waals surface area contributed by atoms with E-state index in [-0.39, 0.29) is 36.8 Å². The topological polar surface area (TPSA) is 135 Å². The van der Waals surface area contributed by atoms with Crippen LogP contribution in [0.2, 0.25) is 18.6 Å². The van der Waals surface area contributed by atoms with Crippen LogP contribution in [0.25, 0.3) is 0 Å². The number of para-hydroxylation sites is 1. The molecule has 0 unspecified atom stereocenters. The van der Waals surface area contributed by atoms with Crippen molar-refractivity contribution in [3.63, 3.8) is 0 Å². The number of carbonyl (C=O) groups is 3. The minimum Gasteiger partial charge on any atom is -0.432 e. The molecule has 8 rings (SSSR count). The zero-order chi connectivity index (χ0) is 35.7. The van der Waals surface area contributed by atoms with Crippen LogP contribution < -0.4 is 20.4 Å². The van der Waals surface area contributed by atoms with Gasteiger partial charge in [0.25, 0.3) is 11.8 Å². The average molecular weight is 710 g/mol. The third-order valence-corrected chi connectivity index (χ3v) is 14.7. The van der Waals surface area contributed by atoms with E-state index in [1.807, 2.05) is 97.7 Å². The van der Waals surface area contributed by atoms with E-state index in [0.717, 1.165) is 29.9 Å². The van der Waals surface area contributed by atoms with E-state index in [1.165, 1.54) is 0 Å². The van der Waals surface area contributed by atoms with Gasteiger partial charge in [0.15, 0.2) is 13.9 Å². The second-order valence-corrected chi connectivity index (χ2v) is 19.5. The lowest BCUT2D eigenvalue weighted by molar-refractivity contribution is -0.149. The van der Waals surface area contributed by atoms with Crippen LogP contribution in [0.3, 0.4) is 0 Å². The molecular formula is C39H47N5O6Si. The Hall–Kier alpha value is -4.07. The maximum Gasteiger partial charge on any atom is 0.261 e. The zero-order valence-corrected chi connectivity index (χ0v) is 30.5. The van der Waals surface area contributed by atoms with Gasteiger partial charge in [-0.05, 0) is 86.9 Å². The molecule has 11 nitrogen and oxygen atoms in total. The number of anilines is 3. The third-order valence-electron chi connectivity index (χ3n) is 12.2. The van der Waals surface area contributed by atoms with E-state index >= 15 is 0 Å². The number of nitrogens with zero attached hydrogens (tertiary/aromatic N) is 3. The Bertz CT molecular complexity index is 1860. The summed E-state index contributed by atoms with van der Waals surface area (Å²) in [4.78, 5) is 60.3. The average Bonchev–Trinajstić information content (AvgIpc) is 3.70. The molecule has 0 bridgehead atoms. The molecule has 3 fully saturated rings. The molecule has 0 saturated carbocycles. The van der Waals surface area contributed by atoms with Crippen LogP contribution >= 0.6 is 0 Å². The first kappa shape index (κ1) is 34.0. The van der Waals surface area contributed by atoms with Crippen LogP contribution in [0.4, 0.5) is 17.1 Å². The zero-order valence-electron chi connectivity index (χ0n) is 29.5. The van der Waals surface area contributed by atoms with E-state index < -0.39 is 37.0 Å². The van der Waals surface area contributed by atoms with Crippen LogP contribution in [-0.4, -0.2) is 84.9 Å². The summed E-state index contributed by atoms with van der Waals surface area (Å²) in [5, 5.41) is 16.7. The molecule has 51 heavy (non-hydrogen) atoms. The molecule has 2 spiro atoms. The molecule has 4 N–H and O–H groups in total. The van der Waals surface area contributed by atoms with Crippen molar-refractivity contribution in [1.29, 1.82) is 0 Å². The normalized spacial score (nSPS) is 28.4. The fraction of sp³-hybridized carbons (Fsp3) is 0.462. The van der Waals surface area contributed by atoms with Gasteiger partial charge in [0.05, 0.1) is 31.8 Å². The van der Waals surface area contributed by atoms with Crippen LogP contribution in [-0.2, 0) is 37.7 Å². The highest BCUT2D eigenvalue weighted by Gasteiger charge is 2.65. The number of nitrogens with one attached hydrogen (secondary N) is 2. The Balaban J connectivity index is 1.13. The van der Waals surface area contributed by atoms with Gasteiger partial charge in [0, 0.05) is 40.6 Å². The Labute approximate surface area is 299 Å². The van der Waals surface area contributed by atoms with Gasteiger partial charge in [-0.3, -0.25) is 19.3 Å². The summed E-state index contributed by atoms with van der Waals surface area (Å²) in [7, 11) is -3.02. The number of fused-ring (bicyclic) bond motifs is 3. The van der Waals surface area contributed by atoms with Gasteiger partial charge in [0.2, 0.25) is 5.91 Å². The molecular weight excluding hydrogens is 663 g/mol. The van der Waals surface area contributed by atoms with Crippen molar-refractivity contribution in [3.05, 3.63) is 89.5 Å².